The molecule has 0 atom stereocenters. The Labute approximate surface area is 69.7 Å². The Morgan fingerprint density at radius 1 is 1.42 bits per heavy atom. The fourth-order valence-corrected chi connectivity index (χ4v) is 1.26. The van der Waals surface area contributed by atoms with Crippen molar-refractivity contribution in [2.24, 2.45) is 0 Å². The van der Waals surface area contributed by atoms with Crippen LogP contribution in [0.5, 0.6) is 5.95 Å². The fourth-order valence-electron chi connectivity index (χ4n) is 1.26. The molecule has 3 nitrogen and oxygen atoms in total. The summed E-state index contributed by atoms with van der Waals surface area (Å²) in [6, 6.07) is 1.61. The Kier molecular flexibility index (Phi) is 1.33. The zero-order chi connectivity index (χ0) is 8.72. The molecule has 3 heteroatoms. The van der Waals surface area contributed by atoms with Gasteiger partial charge < -0.3 is 9.52 Å². The fraction of sp³-hybridized carbons (Fsp3) is 0.222. The number of fused-ring (bicyclic) bond motifs is 1. The third-order valence-corrected chi connectivity index (χ3v) is 1.92. The van der Waals surface area contributed by atoms with E-state index < -0.39 is 0 Å². The summed E-state index contributed by atoms with van der Waals surface area (Å²) in [5.74, 6) is -0.0517. The lowest BCUT2D eigenvalue weighted by molar-refractivity contribution is 0.345. The summed E-state index contributed by atoms with van der Waals surface area (Å²) in [6.45, 7) is 3.79. The molecule has 12 heavy (non-hydrogen) atoms. The van der Waals surface area contributed by atoms with E-state index in [9.17, 15) is 0 Å². The summed E-state index contributed by atoms with van der Waals surface area (Å²) in [5, 5.41) is 10.0. The summed E-state index contributed by atoms with van der Waals surface area (Å²) >= 11 is 0. The maximum Gasteiger partial charge on any atom is 0.282 e. The van der Waals surface area contributed by atoms with Gasteiger partial charge in [0.2, 0.25) is 0 Å². The zero-order valence-corrected chi connectivity index (χ0v) is 6.96. The highest BCUT2D eigenvalue weighted by atomic mass is 16.5. The lowest BCUT2D eigenvalue weighted by Crippen LogP contribution is -1.82. The lowest BCUT2D eigenvalue weighted by atomic mass is 10.2. The normalized spacial score (nSPS) is 10.8. The Bertz CT molecular complexity index is 392. The van der Waals surface area contributed by atoms with Gasteiger partial charge in [-0.05, 0) is 19.4 Å². The number of hydrogen-bond donors (Lipinski definition) is 1. The molecule has 0 aliphatic heterocycles. The average Bonchev–Trinajstić information content (AvgIpc) is 2.41. The minimum atomic E-state index is -0.0517. The van der Waals surface area contributed by atoms with Gasteiger partial charge in [-0.15, -0.1) is 0 Å². The van der Waals surface area contributed by atoms with Gasteiger partial charge in [0.15, 0.2) is 5.58 Å². The molecule has 62 valence electrons. The van der Waals surface area contributed by atoms with Crippen molar-refractivity contribution in [3.05, 3.63) is 23.5 Å². The first-order valence-corrected chi connectivity index (χ1v) is 3.73. The van der Waals surface area contributed by atoms with E-state index in [2.05, 4.69) is 4.98 Å². The SMILES string of the molecule is Cc1cnc(C)c2oc(O)cc12. The minimum absolute atomic E-state index is 0.0517. The third-order valence-electron chi connectivity index (χ3n) is 1.92. The van der Waals surface area contributed by atoms with Gasteiger partial charge in [0.1, 0.15) is 0 Å². The number of nitrogens with zero attached hydrogens (tertiary/aromatic N) is 1. The van der Waals surface area contributed by atoms with E-state index in [1.165, 1.54) is 0 Å². The summed E-state index contributed by atoms with van der Waals surface area (Å²) in [5.41, 5.74) is 2.49. The molecular weight excluding hydrogens is 154 g/mol. The number of pyridine rings is 1. The number of rotatable bonds is 0. The smallest absolute Gasteiger partial charge is 0.282 e. The van der Waals surface area contributed by atoms with Crippen molar-refractivity contribution in [2.75, 3.05) is 0 Å². The second-order valence-corrected chi connectivity index (χ2v) is 2.85. The molecule has 2 aromatic rings. The molecule has 0 aliphatic carbocycles. The van der Waals surface area contributed by atoms with Crippen LogP contribution < -0.4 is 0 Å². The van der Waals surface area contributed by atoms with Crippen LogP contribution in [0.1, 0.15) is 11.3 Å². The maximum absolute atomic E-state index is 9.11. The minimum Gasteiger partial charge on any atom is -0.481 e. The first kappa shape index (κ1) is 7.16. The zero-order valence-electron chi connectivity index (χ0n) is 6.96. The van der Waals surface area contributed by atoms with Gasteiger partial charge in [-0.3, -0.25) is 4.98 Å². The highest BCUT2D eigenvalue weighted by Gasteiger charge is 2.07. The van der Waals surface area contributed by atoms with Crippen LogP contribution in [0.15, 0.2) is 16.7 Å². The summed E-state index contributed by atoms with van der Waals surface area (Å²) < 4.78 is 5.07. The molecule has 0 unspecified atom stereocenters. The molecule has 2 aromatic heterocycles. The molecule has 0 radical (unpaired) electrons. The molecule has 0 amide bonds. The van der Waals surface area contributed by atoms with Crippen molar-refractivity contribution in [1.82, 2.24) is 4.98 Å². The predicted octanol–water partition coefficient (Wildman–Crippen LogP) is 2.15. The predicted molar refractivity (Wildman–Crippen MR) is 45.1 cm³/mol. The van der Waals surface area contributed by atoms with Crippen LogP contribution in [-0.4, -0.2) is 10.1 Å². The van der Waals surface area contributed by atoms with E-state index in [1.54, 1.807) is 12.3 Å². The topological polar surface area (TPSA) is 46.3 Å². The molecule has 0 aromatic carbocycles. The number of aromatic nitrogens is 1. The van der Waals surface area contributed by atoms with Crippen molar-refractivity contribution in [1.29, 1.82) is 0 Å². The van der Waals surface area contributed by atoms with Crippen molar-refractivity contribution >= 4 is 11.0 Å². The van der Waals surface area contributed by atoms with E-state index in [0.717, 1.165) is 16.6 Å². The highest BCUT2D eigenvalue weighted by molar-refractivity contribution is 5.83. The molecule has 0 saturated heterocycles. The quantitative estimate of drug-likeness (QED) is 0.647. The van der Waals surface area contributed by atoms with Gasteiger partial charge in [0, 0.05) is 17.6 Å². The third kappa shape index (κ3) is 0.863. The molecular formula is C9H9NO2. The lowest BCUT2D eigenvalue weighted by Gasteiger charge is -1.95. The van der Waals surface area contributed by atoms with E-state index in [0.29, 0.717) is 5.58 Å². The molecule has 2 rings (SSSR count). The van der Waals surface area contributed by atoms with Crippen molar-refractivity contribution in [2.45, 2.75) is 13.8 Å². The average molecular weight is 163 g/mol. The Morgan fingerprint density at radius 3 is 2.83 bits per heavy atom. The molecule has 0 fully saturated rings. The molecule has 1 N–H and O–H groups in total. The molecule has 0 bridgehead atoms. The Morgan fingerprint density at radius 2 is 2.17 bits per heavy atom. The monoisotopic (exact) mass is 163 g/mol. The van der Waals surface area contributed by atoms with Crippen LogP contribution in [0.2, 0.25) is 0 Å². The number of aromatic hydroxyl groups is 1. The summed E-state index contributed by atoms with van der Waals surface area (Å²) in [7, 11) is 0. The molecule has 0 aliphatic rings. The number of hydrogen-bond acceptors (Lipinski definition) is 3. The Hall–Kier alpha value is -1.51. The molecule has 2 heterocycles. The molecule has 0 saturated carbocycles. The van der Waals surface area contributed by atoms with E-state index in [1.807, 2.05) is 13.8 Å². The first-order chi connectivity index (χ1) is 5.68. The maximum atomic E-state index is 9.11. The second-order valence-electron chi connectivity index (χ2n) is 2.85. The van der Waals surface area contributed by atoms with Crippen LogP contribution in [0.25, 0.3) is 11.0 Å². The van der Waals surface area contributed by atoms with E-state index in [-0.39, 0.29) is 5.95 Å². The number of aryl methyl sites for hydroxylation is 2. The van der Waals surface area contributed by atoms with Crippen molar-refractivity contribution in [3.8, 4) is 5.95 Å². The van der Waals surface area contributed by atoms with Gasteiger partial charge >= 0.3 is 0 Å². The van der Waals surface area contributed by atoms with Gasteiger partial charge in [0.05, 0.1) is 5.69 Å². The Balaban J connectivity index is 2.93. The molecule has 0 spiro atoms. The van der Waals surface area contributed by atoms with Gasteiger partial charge in [-0.1, -0.05) is 0 Å². The van der Waals surface area contributed by atoms with Crippen LogP contribution in [-0.2, 0) is 0 Å². The van der Waals surface area contributed by atoms with E-state index >= 15 is 0 Å². The highest BCUT2D eigenvalue weighted by Crippen LogP contribution is 2.27. The van der Waals surface area contributed by atoms with Gasteiger partial charge in [-0.25, -0.2) is 0 Å². The van der Waals surface area contributed by atoms with Gasteiger partial charge in [0.25, 0.3) is 5.95 Å². The van der Waals surface area contributed by atoms with Crippen LogP contribution in [0.3, 0.4) is 0 Å². The van der Waals surface area contributed by atoms with Crippen molar-refractivity contribution < 1.29 is 9.52 Å². The van der Waals surface area contributed by atoms with E-state index in [4.69, 9.17) is 9.52 Å². The number of furan rings is 1. The van der Waals surface area contributed by atoms with Crippen molar-refractivity contribution in [3.63, 3.8) is 0 Å². The standard InChI is InChI=1S/C9H9NO2/c1-5-4-10-6(2)9-7(5)3-8(11)12-9/h3-4,11H,1-2H3. The summed E-state index contributed by atoms with van der Waals surface area (Å²) in [6.07, 6.45) is 1.77. The van der Waals surface area contributed by atoms with Gasteiger partial charge in [-0.2, -0.15) is 0 Å². The van der Waals surface area contributed by atoms with Crippen LogP contribution in [0, 0.1) is 13.8 Å². The summed E-state index contributed by atoms with van der Waals surface area (Å²) in [4.78, 5) is 4.12. The first-order valence-electron chi connectivity index (χ1n) is 3.73. The van der Waals surface area contributed by atoms with Crippen LogP contribution >= 0.6 is 0 Å². The second kappa shape index (κ2) is 2.24. The largest absolute Gasteiger partial charge is 0.481 e. The van der Waals surface area contributed by atoms with Crippen LogP contribution in [0.4, 0.5) is 0 Å².